The number of nitrogens with two attached hydrogens (primary N) is 1. The molecule has 0 radical (unpaired) electrons. The second-order valence-electron chi connectivity index (χ2n) is 6.05. The molecule has 1 atom stereocenters. The van der Waals surface area contributed by atoms with Crippen molar-refractivity contribution in [3.05, 3.63) is 0 Å². The van der Waals surface area contributed by atoms with E-state index in [0.29, 0.717) is 0 Å². The Bertz CT molecular complexity index is 431. The van der Waals surface area contributed by atoms with Crippen LogP contribution in [0.15, 0.2) is 0 Å². The topological polar surface area (TPSA) is 119 Å². The Balaban J connectivity index is 4.43. The molecule has 0 fully saturated rings. The van der Waals surface area contributed by atoms with Gasteiger partial charge in [-0.1, -0.05) is 6.92 Å². The summed E-state index contributed by atoms with van der Waals surface area (Å²) < 4.78 is 35.8. The van der Waals surface area contributed by atoms with E-state index in [-0.39, 0.29) is 12.1 Å². The van der Waals surface area contributed by atoms with E-state index in [9.17, 15) is 13.2 Å². The van der Waals surface area contributed by atoms with Gasteiger partial charge in [0.05, 0.1) is 17.0 Å². The van der Waals surface area contributed by atoms with Crippen molar-refractivity contribution in [3.8, 4) is 0 Å². The first-order chi connectivity index (χ1) is 8.78. The summed E-state index contributed by atoms with van der Waals surface area (Å²) in [5.74, 6) is -1.45. The average Bonchev–Trinajstić information content (AvgIpc) is 2.22. The molecule has 0 aliphatic heterocycles. The van der Waals surface area contributed by atoms with Gasteiger partial charge in [-0.3, -0.25) is 9.35 Å². The molecule has 20 heavy (non-hydrogen) atoms. The minimum atomic E-state index is -4.27. The number of carbonyl (C=O) groups is 1. The van der Waals surface area contributed by atoms with E-state index in [1.54, 1.807) is 0 Å². The number of amides is 1. The van der Waals surface area contributed by atoms with E-state index in [1.165, 1.54) is 0 Å². The van der Waals surface area contributed by atoms with Gasteiger partial charge in [0.1, 0.15) is 6.04 Å². The zero-order valence-electron chi connectivity index (χ0n) is 12.8. The summed E-state index contributed by atoms with van der Waals surface area (Å²) in [5.41, 5.74) is 4.45. The molecule has 0 aromatic carbocycles. The Kier molecular flexibility index (Phi) is 6.60. The molecule has 0 spiro atoms. The van der Waals surface area contributed by atoms with Crippen LogP contribution in [0.4, 0.5) is 0 Å². The summed E-state index contributed by atoms with van der Waals surface area (Å²) in [6.45, 7) is 9.71. The average molecular weight is 310 g/mol. The van der Waals surface area contributed by atoms with Crippen LogP contribution in [0, 0.1) is 0 Å². The van der Waals surface area contributed by atoms with E-state index in [2.05, 4.69) is 5.32 Å². The molecule has 0 bridgehead atoms. The molecule has 1 amide bonds. The summed E-state index contributed by atoms with van der Waals surface area (Å²) in [6, 6.07) is -1.31. The summed E-state index contributed by atoms with van der Waals surface area (Å²) in [7, 11) is -4.27. The molecule has 7 nitrogen and oxygen atoms in total. The molecule has 0 aromatic rings. The fraction of sp³-hybridized carbons (Fsp3) is 0.917. The van der Waals surface area contributed by atoms with Crippen LogP contribution in [0.2, 0.25) is 0 Å². The minimum Gasteiger partial charge on any atom is -0.368 e. The molecule has 0 aromatic heterocycles. The lowest BCUT2D eigenvalue weighted by Gasteiger charge is -2.35. The molecular weight excluding hydrogens is 284 g/mol. The summed E-state index contributed by atoms with van der Waals surface area (Å²) in [6.07, 6.45) is 0.812. The van der Waals surface area contributed by atoms with Crippen molar-refractivity contribution in [1.29, 1.82) is 0 Å². The van der Waals surface area contributed by atoms with Crippen molar-refractivity contribution < 1.29 is 22.5 Å². The van der Waals surface area contributed by atoms with Crippen LogP contribution in [0.5, 0.6) is 0 Å². The van der Waals surface area contributed by atoms with Crippen LogP contribution >= 0.6 is 0 Å². The van der Waals surface area contributed by atoms with Gasteiger partial charge in [0.2, 0.25) is 5.91 Å². The molecule has 120 valence electrons. The van der Waals surface area contributed by atoms with Gasteiger partial charge in [-0.25, -0.2) is 0 Å². The van der Waals surface area contributed by atoms with Crippen LogP contribution in [0.3, 0.4) is 0 Å². The van der Waals surface area contributed by atoms with Crippen molar-refractivity contribution >= 4 is 16.0 Å². The first-order valence-electron chi connectivity index (χ1n) is 6.46. The second-order valence-corrected chi connectivity index (χ2v) is 7.55. The Labute approximate surface area is 121 Å². The quantitative estimate of drug-likeness (QED) is 0.555. The monoisotopic (exact) mass is 310 g/mol. The Hall–Kier alpha value is -0.700. The Morgan fingerprint density at radius 2 is 1.80 bits per heavy atom. The molecule has 4 N–H and O–H groups in total. The summed E-state index contributed by atoms with van der Waals surface area (Å²) in [5, 5.41) is 2.53. The number of carbonyl (C=O) groups excluding carboxylic acids is 1. The number of ether oxygens (including phenoxy) is 1. The molecule has 0 rings (SSSR count). The third-order valence-corrected chi connectivity index (χ3v) is 3.60. The van der Waals surface area contributed by atoms with E-state index < -0.39 is 33.4 Å². The Morgan fingerprint density at radius 3 is 2.20 bits per heavy atom. The van der Waals surface area contributed by atoms with Crippen molar-refractivity contribution in [1.82, 2.24) is 5.32 Å². The molecule has 0 saturated heterocycles. The maximum atomic E-state index is 11.6. The molecule has 0 aliphatic rings. The van der Waals surface area contributed by atoms with Gasteiger partial charge in [0, 0.05) is 6.54 Å². The van der Waals surface area contributed by atoms with E-state index in [0.717, 1.165) is 6.42 Å². The van der Waals surface area contributed by atoms with Crippen LogP contribution in [-0.2, 0) is 19.6 Å². The number of hydrogen-bond donors (Lipinski definition) is 3. The molecule has 0 heterocycles. The van der Waals surface area contributed by atoms with Gasteiger partial charge < -0.3 is 15.8 Å². The van der Waals surface area contributed by atoms with Gasteiger partial charge >= 0.3 is 0 Å². The lowest BCUT2D eigenvalue weighted by molar-refractivity contribution is -0.133. The summed E-state index contributed by atoms with van der Waals surface area (Å²) in [4.78, 5) is 11.6. The molecule has 0 unspecified atom stereocenters. The normalized spacial score (nSPS) is 14.9. The van der Waals surface area contributed by atoms with Crippen molar-refractivity contribution in [2.24, 2.45) is 5.73 Å². The smallest absolute Gasteiger partial charge is 0.266 e. The highest BCUT2D eigenvalue weighted by Gasteiger charge is 2.29. The standard InChI is InChI=1S/C12H26N2O5S/c1-6-11(2,3)19-12(4,5)8-14-10(15)9(13)7-20(16,17)18/h9H,6-8,13H2,1-5H3,(H,14,15)(H,16,17,18)/t9-/m0/s1. The number of rotatable bonds is 8. The van der Waals surface area contributed by atoms with Gasteiger partial charge in [-0.05, 0) is 34.1 Å². The molecule has 8 heteroatoms. The lowest BCUT2D eigenvalue weighted by atomic mass is 10.0. The highest BCUT2D eigenvalue weighted by molar-refractivity contribution is 7.85. The van der Waals surface area contributed by atoms with Crippen molar-refractivity contribution in [2.75, 3.05) is 12.3 Å². The van der Waals surface area contributed by atoms with Crippen molar-refractivity contribution in [2.45, 2.75) is 58.3 Å². The van der Waals surface area contributed by atoms with Crippen LogP contribution in [-0.4, -0.2) is 48.4 Å². The molecule has 0 aliphatic carbocycles. The summed E-state index contributed by atoms with van der Waals surface area (Å²) >= 11 is 0. The van der Waals surface area contributed by atoms with E-state index in [4.69, 9.17) is 15.0 Å². The van der Waals surface area contributed by atoms with Crippen LogP contribution in [0.1, 0.15) is 41.0 Å². The Morgan fingerprint density at radius 1 is 1.30 bits per heavy atom. The predicted molar refractivity (Wildman–Crippen MR) is 76.9 cm³/mol. The lowest BCUT2D eigenvalue weighted by Crippen LogP contribution is -2.51. The highest BCUT2D eigenvalue weighted by Crippen LogP contribution is 2.22. The second kappa shape index (κ2) is 6.84. The van der Waals surface area contributed by atoms with E-state index in [1.807, 2.05) is 34.6 Å². The van der Waals surface area contributed by atoms with E-state index >= 15 is 0 Å². The third kappa shape index (κ3) is 8.47. The zero-order valence-corrected chi connectivity index (χ0v) is 13.6. The van der Waals surface area contributed by atoms with Crippen molar-refractivity contribution in [3.63, 3.8) is 0 Å². The predicted octanol–water partition coefficient (Wildman–Crippen LogP) is 0.302. The number of nitrogens with one attached hydrogen (secondary N) is 1. The number of hydrogen-bond acceptors (Lipinski definition) is 5. The van der Waals surface area contributed by atoms with Gasteiger partial charge in [0.15, 0.2) is 0 Å². The minimum absolute atomic E-state index is 0.189. The molecular formula is C12H26N2O5S. The molecule has 0 saturated carbocycles. The zero-order chi connectivity index (χ0) is 16.2. The fourth-order valence-electron chi connectivity index (χ4n) is 1.59. The van der Waals surface area contributed by atoms with Gasteiger partial charge in [0.25, 0.3) is 10.1 Å². The maximum absolute atomic E-state index is 11.6. The first kappa shape index (κ1) is 19.3. The largest absolute Gasteiger partial charge is 0.368 e. The SMILES string of the molecule is CCC(C)(C)OC(C)(C)CNC(=O)[C@@H](N)CS(=O)(=O)O. The van der Waals surface area contributed by atoms with Crippen LogP contribution < -0.4 is 11.1 Å². The first-order valence-corrected chi connectivity index (χ1v) is 8.07. The van der Waals surface area contributed by atoms with Gasteiger partial charge in [-0.15, -0.1) is 0 Å². The highest BCUT2D eigenvalue weighted by atomic mass is 32.2. The maximum Gasteiger partial charge on any atom is 0.266 e. The van der Waals surface area contributed by atoms with Gasteiger partial charge in [-0.2, -0.15) is 8.42 Å². The fourth-order valence-corrected chi connectivity index (χ4v) is 2.20. The third-order valence-electron chi connectivity index (χ3n) is 2.82. The van der Waals surface area contributed by atoms with Crippen LogP contribution in [0.25, 0.3) is 0 Å².